The van der Waals surface area contributed by atoms with E-state index >= 15 is 0 Å². The van der Waals surface area contributed by atoms with Crippen LogP contribution in [0.3, 0.4) is 0 Å². The molecular formula is C11H24N2S. The Kier molecular flexibility index (Phi) is 5.28. The molecule has 0 aromatic carbocycles. The second-order valence-corrected chi connectivity index (χ2v) is 5.34. The average molecular weight is 216 g/mol. The van der Waals surface area contributed by atoms with Crippen molar-refractivity contribution in [1.82, 2.24) is 10.2 Å². The Morgan fingerprint density at radius 2 is 2.21 bits per heavy atom. The lowest BCUT2D eigenvalue weighted by Gasteiger charge is -2.45. The van der Waals surface area contributed by atoms with Crippen LogP contribution in [0.1, 0.15) is 19.8 Å². The summed E-state index contributed by atoms with van der Waals surface area (Å²) in [6.07, 6.45) is 4.99. The van der Waals surface area contributed by atoms with Gasteiger partial charge in [0.25, 0.3) is 0 Å². The molecule has 3 atom stereocenters. The van der Waals surface area contributed by atoms with Crippen LogP contribution in [0.4, 0.5) is 0 Å². The zero-order chi connectivity index (χ0) is 10.6. The number of thioether (sulfide) groups is 1. The third-order valence-corrected chi connectivity index (χ3v) is 4.29. The van der Waals surface area contributed by atoms with Crippen LogP contribution in [0.25, 0.3) is 0 Å². The first kappa shape index (κ1) is 12.3. The fourth-order valence-electron chi connectivity index (χ4n) is 2.27. The van der Waals surface area contributed by atoms with Crippen LogP contribution in [0.2, 0.25) is 0 Å². The Bertz CT molecular complexity index is 155. The molecule has 1 N–H and O–H groups in total. The molecule has 0 spiro atoms. The summed E-state index contributed by atoms with van der Waals surface area (Å²) in [6, 6.07) is 1.54. The molecule has 0 bridgehead atoms. The number of hydrogen-bond donors (Lipinski definition) is 1. The van der Waals surface area contributed by atoms with E-state index in [1.165, 1.54) is 25.1 Å². The number of rotatable bonds is 6. The maximum atomic E-state index is 3.29. The molecule has 0 aromatic rings. The Hall–Kier alpha value is 0.270. The summed E-state index contributed by atoms with van der Waals surface area (Å²) in [7, 11) is 4.34. The third-order valence-electron chi connectivity index (χ3n) is 3.47. The largest absolute Gasteiger partial charge is 0.319 e. The van der Waals surface area contributed by atoms with Gasteiger partial charge in [0, 0.05) is 17.8 Å². The van der Waals surface area contributed by atoms with E-state index in [-0.39, 0.29) is 0 Å². The van der Waals surface area contributed by atoms with E-state index in [1.807, 2.05) is 11.8 Å². The van der Waals surface area contributed by atoms with Gasteiger partial charge in [-0.1, -0.05) is 0 Å². The Labute approximate surface area is 92.8 Å². The van der Waals surface area contributed by atoms with Crippen LogP contribution in [0, 0.1) is 5.92 Å². The summed E-state index contributed by atoms with van der Waals surface area (Å²) >= 11 is 1.95. The van der Waals surface area contributed by atoms with Crippen LogP contribution in [-0.4, -0.2) is 49.6 Å². The quantitative estimate of drug-likeness (QED) is 0.727. The van der Waals surface area contributed by atoms with Crippen LogP contribution >= 0.6 is 11.8 Å². The first-order valence-electron chi connectivity index (χ1n) is 5.56. The summed E-state index contributed by atoms with van der Waals surface area (Å²) < 4.78 is 0. The molecule has 0 radical (unpaired) electrons. The van der Waals surface area contributed by atoms with E-state index in [2.05, 4.69) is 37.5 Å². The molecule has 0 heterocycles. The van der Waals surface area contributed by atoms with Crippen molar-refractivity contribution < 1.29 is 0 Å². The molecular weight excluding hydrogens is 192 g/mol. The second kappa shape index (κ2) is 5.99. The molecule has 1 saturated carbocycles. The Balaban J connectivity index is 2.32. The first-order chi connectivity index (χ1) is 6.70. The van der Waals surface area contributed by atoms with Crippen molar-refractivity contribution in [3.8, 4) is 0 Å². The summed E-state index contributed by atoms with van der Waals surface area (Å²) in [4.78, 5) is 2.57. The highest BCUT2D eigenvalue weighted by Gasteiger charge is 2.34. The summed E-state index contributed by atoms with van der Waals surface area (Å²) in [5, 5.41) is 3.29. The van der Waals surface area contributed by atoms with Crippen molar-refractivity contribution >= 4 is 11.8 Å². The SMILES string of the molecule is CNCC1CCC1N(C)C(C)CSC. The maximum absolute atomic E-state index is 3.29. The van der Waals surface area contributed by atoms with Gasteiger partial charge in [0.1, 0.15) is 0 Å². The van der Waals surface area contributed by atoms with Gasteiger partial charge in [-0.25, -0.2) is 0 Å². The van der Waals surface area contributed by atoms with Crippen molar-refractivity contribution in [2.24, 2.45) is 5.92 Å². The van der Waals surface area contributed by atoms with Crippen molar-refractivity contribution in [2.75, 3.05) is 32.6 Å². The van der Waals surface area contributed by atoms with Gasteiger partial charge < -0.3 is 5.32 Å². The topological polar surface area (TPSA) is 15.3 Å². The molecule has 1 fully saturated rings. The van der Waals surface area contributed by atoms with E-state index < -0.39 is 0 Å². The Morgan fingerprint density at radius 1 is 1.50 bits per heavy atom. The monoisotopic (exact) mass is 216 g/mol. The van der Waals surface area contributed by atoms with Crippen LogP contribution in [0.15, 0.2) is 0 Å². The summed E-state index contributed by atoms with van der Waals surface area (Å²) in [6.45, 7) is 3.52. The van der Waals surface area contributed by atoms with E-state index in [1.54, 1.807) is 0 Å². The normalized spacial score (nSPS) is 28.9. The minimum absolute atomic E-state index is 0.717. The van der Waals surface area contributed by atoms with E-state index in [0.717, 1.165) is 18.0 Å². The molecule has 1 aliphatic carbocycles. The van der Waals surface area contributed by atoms with Crippen molar-refractivity contribution in [3.05, 3.63) is 0 Å². The van der Waals surface area contributed by atoms with Crippen LogP contribution < -0.4 is 5.32 Å². The van der Waals surface area contributed by atoms with Gasteiger partial charge >= 0.3 is 0 Å². The molecule has 2 nitrogen and oxygen atoms in total. The minimum Gasteiger partial charge on any atom is -0.319 e. The predicted molar refractivity (Wildman–Crippen MR) is 66.0 cm³/mol. The Morgan fingerprint density at radius 3 is 2.64 bits per heavy atom. The summed E-state index contributed by atoms with van der Waals surface area (Å²) in [5.74, 6) is 2.13. The molecule has 3 heteroatoms. The van der Waals surface area contributed by atoms with Crippen molar-refractivity contribution in [3.63, 3.8) is 0 Å². The molecule has 84 valence electrons. The van der Waals surface area contributed by atoms with Gasteiger partial charge in [-0.3, -0.25) is 4.90 Å². The molecule has 3 unspecified atom stereocenters. The van der Waals surface area contributed by atoms with Crippen LogP contribution in [-0.2, 0) is 0 Å². The first-order valence-corrected chi connectivity index (χ1v) is 6.95. The highest BCUT2D eigenvalue weighted by atomic mass is 32.2. The third kappa shape index (κ3) is 2.88. The molecule has 1 rings (SSSR count). The minimum atomic E-state index is 0.717. The van der Waals surface area contributed by atoms with Crippen molar-refractivity contribution in [2.45, 2.75) is 31.8 Å². The highest BCUT2D eigenvalue weighted by molar-refractivity contribution is 7.98. The van der Waals surface area contributed by atoms with E-state index in [4.69, 9.17) is 0 Å². The maximum Gasteiger partial charge on any atom is 0.0157 e. The molecule has 0 aliphatic heterocycles. The predicted octanol–water partition coefficient (Wildman–Crippen LogP) is 1.67. The molecule has 14 heavy (non-hydrogen) atoms. The zero-order valence-electron chi connectivity index (χ0n) is 9.92. The average Bonchev–Trinajstić information content (AvgIpc) is 2.12. The lowest BCUT2D eigenvalue weighted by molar-refractivity contribution is 0.0634. The van der Waals surface area contributed by atoms with Gasteiger partial charge in [-0.05, 0) is 52.6 Å². The molecule has 0 saturated heterocycles. The lowest BCUT2D eigenvalue weighted by Crippen LogP contribution is -2.52. The molecule has 0 aromatic heterocycles. The van der Waals surface area contributed by atoms with E-state index in [0.29, 0.717) is 0 Å². The fourth-order valence-corrected chi connectivity index (χ4v) is 2.99. The molecule has 1 aliphatic rings. The number of nitrogens with zero attached hydrogens (tertiary/aromatic N) is 1. The second-order valence-electron chi connectivity index (χ2n) is 4.43. The van der Waals surface area contributed by atoms with Gasteiger partial charge in [-0.2, -0.15) is 11.8 Å². The summed E-state index contributed by atoms with van der Waals surface area (Å²) in [5.41, 5.74) is 0. The number of hydrogen-bond acceptors (Lipinski definition) is 3. The standard InChI is InChI=1S/C11H24N2S/c1-9(8-14-4)13(3)11-6-5-10(11)7-12-2/h9-12H,5-8H2,1-4H3. The van der Waals surface area contributed by atoms with Gasteiger partial charge in [-0.15, -0.1) is 0 Å². The molecule has 0 amide bonds. The fraction of sp³-hybridized carbons (Fsp3) is 1.00. The van der Waals surface area contributed by atoms with Crippen LogP contribution in [0.5, 0.6) is 0 Å². The van der Waals surface area contributed by atoms with Gasteiger partial charge in [0.2, 0.25) is 0 Å². The zero-order valence-corrected chi connectivity index (χ0v) is 10.7. The van der Waals surface area contributed by atoms with Gasteiger partial charge in [0.15, 0.2) is 0 Å². The van der Waals surface area contributed by atoms with Crippen molar-refractivity contribution in [1.29, 1.82) is 0 Å². The number of nitrogens with one attached hydrogen (secondary N) is 1. The smallest absolute Gasteiger partial charge is 0.0157 e. The van der Waals surface area contributed by atoms with Gasteiger partial charge in [0.05, 0.1) is 0 Å². The highest BCUT2D eigenvalue weighted by Crippen LogP contribution is 2.32. The lowest BCUT2D eigenvalue weighted by atomic mass is 9.78. The van der Waals surface area contributed by atoms with E-state index in [9.17, 15) is 0 Å².